The van der Waals surface area contributed by atoms with Crippen LogP contribution in [0.2, 0.25) is 0 Å². The predicted molar refractivity (Wildman–Crippen MR) is 289 cm³/mol. The highest BCUT2D eigenvalue weighted by molar-refractivity contribution is 6.11. The SMILES string of the molecule is O=C(Cc1ccc(C(=O)c2ccc3ncc(C4CCCCC4)nc3c2)cc1)Cc1cccc(C(F)(F)F)c1.O=C(Cc1ccc(C(=O)c2ccc3ncc(C4CCNCC4)nc3c2)cc1)Cc1cccc(C(F)(F)F)c1.[2H]CC. The van der Waals surface area contributed by atoms with Crippen LogP contribution < -0.4 is 5.32 Å². The van der Waals surface area contributed by atoms with Gasteiger partial charge in [0.05, 0.1) is 44.6 Å². The molecule has 0 bridgehead atoms. The number of rotatable bonds is 14. The van der Waals surface area contributed by atoms with E-state index in [1.807, 2.05) is 12.4 Å². The summed E-state index contributed by atoms with van der Waals surface area (Å²) < 4.78 is 83.8. The summed E-state index contributed by atoms with van der Waals surface area (Å²) in [4.78, 5) is 70.0. The van der Waals surface area contributed by atoms with E-state index in [9.17, 15) is 45.5 Å². The van der Waals surface area contributed by atoms with E-state index in [2.05, 4.69) is 15.3 Å². The normalized spacial score (nSPS) is 14.4. The molecule has 0 amide bonds. The maximum atomic E-state index is 13.2. The first-order valence-electron chi connectivity index (χ1n) is 26.8. The number of carbonyl (C=O) groups is 4. The Kier molecular flexibility index (Phi) is 18.0. The third-order valence-corrected chi connectivity index (χ3v) is 14.0. The van der Waals surface area contributed by atoms with Crippen LogP contribution in [0.25, 0.3) is 22.1 Å². The molecule has 0 spiro atoms. The molecule has 6 aromatic carbocycles. The van der Waals surface area contributed by atoms with Crippen molar-refractivity contribution in [2.45, 2.75) is 109 Å². The summed E-state index contributed by atoms with van der Waals surface area (Å²) in [7, 11) is 0. The van der Waals surface area contributed by atoms with Crippen LogP contribution in [0.4, 0.5) is 26.3 Å². The van der Waals surface area contributed by atoms with Crippen molar-refractivity contribution in [2.24, 2.45) is 0 Å². The number of aromatic nitrogens is 4. The first-order valence-corrected chi connectivity index (χ1v) is 26.1. The van der Waals surface area contributed by atoms with E-state index >= 15 is 0 Å². The van der Waals surface area contributed by atoms with Crippen molar-refractivity contribution in [3.8, 4) is 0 Å². The van der Waals surface area contributed by atoms with E-state index in [0.29, 0.717) is 74.3 Å². The number of benzene rings is 6. The molecule has 0 unspecified atom stereocenters. The lowest BCUT2D eigenvalue weighted by Gasteiger charge is -2.21. The molecule has 9 nitrogen and oxygen atoms in total. The number of alkyl halides is 6. The standard InChI is InChI=1S/C31H27F3N2O2.C30H26F3N3O2.C2H6/c32-31(33,34)25-8-4-5-21(15-25)17-26(37)16-20-9-11-23(12-10-20)30(38)24-13-14-27-28(18-24)36-29(19-35-27)22-6-2-1-3-7-22;31-30(32,33)24-3-1-2-20(14-24)16-25(37)15-19-4-6-22(7-5-19)29(38)23-8-9-26-27(17-23)36-28(18-35-26)21-10-12-34-13-11-21;1-2/h4-5,8-15,18-19,22H,1-3,6-7,16-17H2;1-9,14,17-18,21,34H,10-13,15-16H2;1-2H3/i;;1D. The Bertz CT molecular complexity index is 3200. The van der Waals surface area contributed by atoms with Crippen molar-refractivity contribution in [3.63, 3.8) is 0 Å². The summed E-state index contributed by atoms with van der Waals surface area (Å²) >= 11 is 0. The number of piperidine rings is 1. The molecule has 1 aliphatic carbocycles. The maximum Gasteiger partial charge on any atom is 0.416 e. The summed E-state index contributed by atoms with van der Waals surface area (Å²) in [5.41, 5.74) is 7.26. The Labute approximate surface area is 450 Å². The van der Waals surface area contributed by atoms with E-state index < -0.39 is 23.5 Å². The van der Waals surface area contributed by atoms with Gasteiger partial charge in [0.1, 0.15) is 11.6 Å². The Morgan fingerprint density at radius 2 is 0.872 bits per heavy atom. The molecular weight excluding hydrogens is 1000 g/mol. The number of hydrogen-bond donors (Lipinski definition) is 1. The van der Waals surface area contributed by atoms with Gasteiger partial charge in [-0.25, -0.2) is 9.97 Å². The zero-order valence-corrected chi connectivity index (χ0v) is 43.1. The summed E-state index contributed by atoms with van der Waals surface area (Å²) in [5, 5.41) is 3.35. The average Bonchev–Trinajstić information content (AvgIpc) is 3.54. The molecule has 1 saturated carbocycles. The van der Waals surface area contributed by atoms with Gasteiger partial charge in [-0.15, -0.1) is 0 Å². The molecule has 2 fully saturated rings. The Balaban J connectivity index is 0.000000198. The van der Waals surface area contributed by atoms with Gasteiger partial charge in [-0.05, 0) is 110 Å². The third kappa shape index (κ3) is 14.8. The number of hydrogen-bond acceptors (Lipinski definition) is 9. The monoisotopic (exact) mass is 1060 g/mol. The Morgan fingerprint density at radius 3 is 1.28 bits per heavy atom. The molecule has 1 saturated heterocycles. The number of Topliss-reactive ketones (excluding diaryl/α,β-unsaturated/α-hetero) is 2. The summed E-state index contributed by atoms with van der Waals surface area (Å²) in [5.74, 6) is 0.0490. The van der Waals surface area contributed by atoms with Gasteiger partial charge in [-0.3, -0.25) is 29.1 Å². The highest BCUT2D eigenvalue weighted by Crippen LogP contribution is 2.34. The molecule has 3 heterocycles. The molecule has 1 aliphatic heterocycles. The number of nitrogens with one attached hydrogen (secondary N) is 1. The number of ketones is 4. The quantitative estimate of drug-likeness (QED) is 0.0835. The molecule has 402 valence electrons. The number of carbonyl (C=O) groups excluding carboxylic acids is 4. The molecule has 78 heavy (non-hydrogen) atoms. The van der Waals surface area contributed by atoms with E-state index in [1.165, 1.54) is 43.5 Å². The number of nitrogens with zero attached hydrogens (tertiary/aromatic N) is 4. The zero-order chi connectivity index (χ0) is 56.1. The van der Waals surface area contributed by atoms with Crippen LogP contribution in [-0.2, 0) is 47.6 Å². The fourth-order valence-corrected chi connectivity index (χ4v) is 9.88. The highest BCUT2D eigenvalue weighted by Gasteiger charge is 2.31. The summed E-state index contributed by atoms with van der Waals surface area (Å²) in [6.07, 6.45) is 2.65. The van der Waals surface area contributed by atoms with Gasteiger partial charge < -0.3 is 5.32 Å². The maximum absolute atomic E-state index is 13.2. The minimum Gasteiger partial charge on any atom is -0.317 e. The minimum atomic E-state index is -4.45. The summed E-state index contributed by atoms with van der Waals surface area (Å²) in [6, 6.07) is 33.7. The lowest BCUT2D eigenvalue weighted by atomic mass is 9.87. The van der Waals surface area contributed by atoms with Gasteiger partial charge in [0.25, 0.3) is 0 Å². The van der Waals surface area contributed by atoms with Crippen LogP contribution >= 0.6 is 0 Å². The Morgan fingerprint density at radius 1 is 0.487 bits per heavy atom. The van der Waals surface area contributed by atoms with Crippen LogP contribution in [-0.4, -0.2) is 56.2 Å². The van der Waals surface area contributed by atoms with Crippen LogP contribution in [0.15, 0.2) is 146 Å². The molecule has 15 heteroatoms. The van der Waals surface area contributed by atoms with Gasteiger partial charge >= 0.3 is 12.4 Å². The molecular formula is C63H59F6N5O4. The molecule has 2 aliphatic rings. The van der Waals surface area contributed by atoms with E-state index in [1.54, 1.807) is 91.9 Å². The van der Waals surface area contributed by atoms with Gasteiger partial charge in [-0.2, -0.15) is 26.3 Å². The van der Waals surface area contributed by atoms with Crippen LogP contribution in [0.1, 0.15) is 149 Å². The van der Waals surface area contributed by atoms with Crippen molar-refractivity contribution in [3.05, 3.63) is 213 Å². The topological polar surface area (TPSA) is 132 Å². The smallest absolute Gasteiger partial charge is 0.317 e. The van der Waals surface area contributed by atoms with E-state index in [4.69, 9.17) is 11.3 Å². The van der Waals surface area contributed by atoms with Crippen molar-refractivity contribution in [2.75, 3.05) is 13.1 Å². The van der Waals surface area contributed by atoms with Crippen molar-refractivity contribution in [1.82, 2.24) is 25.3 Å². The molecule has 0 radical (unpaired) electrons. The highest BCUT2D eigenvalue weighted by atomic mass is 19.4. The first kappa shape index (κ1) is 55.0. The second-order valence-electron chi connectivity index (χ2n) is 19.6. The lowest BCUT2D eigenvalue weighted by molar-refractivity contribution is -0.138. The van der Waals surface area contributed by atoms with Crippen molar-refractivity contribution in [1.29, 1.82) is 0 Å². The zero-order valence-electron chi connectivity index (χ0n) is 44.1. The Hall–Kier alpha value is -7.78. The number of halogens is 6. The minimum absolute atomic E-state index is 0.0652. The molecule has 1 N–H and O–H groups in total. The lowest BCUT2D eigenvalue weighted by Crippen LogP contribution is -2.27. The van der Waals surface area contributed by atoms with Gasteiger partial charge in [0.15, 0.2) is 11.6 Å². The first-order chi connectivity index (χ1) is 37.9. The molecule has 2 aromatic heterocycles. The second-order valence-corrected chi connectivity index (χ2v) is 19.6. The summed E-state index contributed by atoms with van der Waals surface area (Å²) in [6.45, 7) is 4.20. The third-order valence-electron chi connectivity index (χ3n) is 14.0. The van der Waals surface area contributed by atoms with Crippen molar-refractivity contribution < 1.29 is 46.9 Å². The molecule has 10 rings (SSSR count). The van der Waals surface area contributed by atoms with Gasteiger partial charge in [0, 0.05) is 73.5 Å². The van der Waals surface area contributed by atoms with Crippen LogP contribution in [0, 0.1) is 0 Å². The van der Waals surface area contributed by atoms with Crippen LogP contribution in [0.5, 0.6) is 0 Å². The van der Waals surface area contributed by atoms with Gasteiger partial charge in [-0.1, -0.05) is 118 Å². The van der Waals surface area contributed by atoms with Crippen LogP contribution in [0.3, 0.4) is 0 Å². The van der Waals surface area contributed by atoms with Gasteiger partial charge in [0.2, 0.25) is 0 Å². The second kappa shape index (κ2) is 25.6. The fourth-order valence-electron chi connectivity index (χ4n) is 9.88. The number of fused-ring (bicyclic) bond motifs is 2. The molecule has 0 atom stereocenters. The fraction of sp³-hybridized carbons (Fsp3) is 0.302. The van der Waals surface area contributed by atoms with Crippen molar-refractivity contribution >= 4 is 45.2 Å². The largest absolute Gasteiger partial charge is 0.416 e. The van der Waals surface area contributed by atoms with E-state index in [0.717, 1.165) is 85.5 Å². The van der Waals surface area contributed by atoms with E-state index in [-0.39, 0.29) is 48.8 Å². The predicted octanol–water partition coefficient (Wildman–Crippen LogP) is 14.0. The molecule has 8 aromatic rings. The average molecular weight is 1070 g/mol.